The van der Waals surface area contributed by atoms with Crippen LogP contribution in [0.1, 0.15) is 19.0 Å². The number of sulfonamides is 1. The van der Waals surface area contributed by atoms with Crippen molar-refractivity contribution in [2.75, 3.05) is 31.2 Å². The Morgan fingerprint density at radius 1 is 1.42 bits per heavy atom. The second kappa shape index (κ2) is 7.01. The van der Waals surface area contributed by atoms with Crippen molar-refractivity contribution in [2.45, 2.75) is 13.3 Å². The molecule has 0 fully saturated rings. The summed E-state index contributed by atoms with van der Waals surface area (Å²) < 4.78 is 24.3. The van der Waals surface area contributed by atoms with E-state index in [1.165, 1.54) is 16.7 Å². The highest BCUT2D eigenvalue weighted by Gasteiger charge is 2.14. The second-order valence-corrected chi connectivity index (χ2v) is 6.23. The molecule has 1 aromatic rings. The molecular formula is C11H17N5O2S. The molecule has 0 atom stereocenters. The molecule has 0 amide bonds. The minimum atomic E-state index is -3.13. The van der Waals surface area contributed by atoms with Gasteiger partial charge in [-0.05, 0) is 13.3 Å². The number of nitriles is 1. The molecular weight excluding hydrogens is 266 g/mol. The summed E-state index contributed by atoms with van der Waals surface area (Å²) in [6.07, 6.45) is 3.57. The van der Waals surface area contributed by atoms with Crippen molar-refractivity contribution in [1.82, 2.24) is 14.3 Å². The zero-order chi connectivity index (χ0) is 14.3. The first-order valence-corrected chi connectivity index (χ1v) is 7.51. The molecule has 0 aliphatic rings. The van der Waals surface area contributed by atoms with Crippen LogP contribution in [0.15, 0.2) is 12.4 Å². The summed E-state index contributed by atoms with van der Waals surface area (Å²) in [4.78, 5) is 7.87. The SMILES string of the molecule is CCS(=O)(=O)N(C)CCCNc1nccnc1C#N. The minimum absolute atomic E-state index is 0.0969. The molecule has 1 rings (SSSR count). The lowest BCUT2D eigenvalue weighted by atomic mass is 10.4. The maximum Gasteiger partial charge on any atom is 0.213 e. The maximum absolute atomic E-state index is 11.5. The van der Waals surface area contributed by atoms with Crippen molar-refractivity contribution in [1.29, 1.82) is 5.26 Å². The van der Waals surface area contributed by atoms with Crippen molar-refractivity contribution < 1.29 is 8.42 Å². The summed E-state index contributed by atoms with van der Waals surface area (Å²) in [5.41, 5.74) is 0.233. The molecule has 0 saturated carbocycles. The van der Waals surface area contributed by atoms with Crippen LogP contribution in [0.25, 0.3) is 0 Å². The summed E-state index contributed by atoms with van der Waals surface area (Å²) >= 11 is 0. The monoisotopic (exact) mass is 283 g/mol. The molecule has 1 N–H and O–H groups in total. The Kier molecular flexibility index (Phi) is 5.66. The average molecular weight is 283 g/mol. The van der Waals surface area contributed by atoms with Gasteiger partial charge in [-0.2, -0.15) is 5.26 Å². The van der Waals surface area contributed by atoms with Crippen molar-refractivity contribution in [3.05, 3.63) is 18.1 Å². The smallest absolute Gasteiger partial charge is 0.213 e. The lowest BCUT2D eigenvalue weighted by molar-refractivity contribution is 0.466. The van der Waals surface area contributed by atoms with E-state index < -0.39 is 10.0 Å². The van der Waals surface area contributed by atoms with Crippen LogP contribution in [0.4, 0.5) is 5.82 Å². The van der Waals surface area contributed by atoms with Crippen LogP contribution in [0.3, 0.4) is 0 Å². The van der Waals surface area contributed by atoms with Gasteiger partial charge in [0.05, 0.1) is 5.75 Å². The number of aromatic nitrogens is 2. The summed E-state index contributed by atoms with van der Waals surface area (Å²) in [7, 11) is -1.57. The highest BCUT2D eigenvalue weighted by Crippen LogP contribution is 2.06. The van der Waals surface area contributed by atoms with Crippen LogP contribution in [0, 0.1) is 11.3 Å². The molecule has 0 aromatic carbocycles. The van der Waals surface area contributed by atoms with E-state index in [4.69, 9.17) is 5.26 Å². The van der Waals surface area contributed by atoms with Gasteiger partial charge in [0.1, 0.15) is 6.07 Å². The number of nitrogens with zero attached hydrogens (tertiary/aromatic N) is 4. The Bertz CT molecular complexity index is 552. The Morgan fingerprint density at radius 3 is 2.74 bits per heavy atom. The highest BCUT2D eigenvalue weighted by molar-refractivity contribution is 7.89. The average Bonchev–Trinajstić information content (AvgIpc) is 2.43. The molecule has 0 saturated heterocycles. The fourth-order valence-corrected chi connectivity index (χ4v) is 2.27. The van der Waals surface area contributed by atoms with Gasteiger partial charge in [0.25, 0.3) is 0 Å². The van der Waals surface area contributed by atoms with Gasteiger partial charge in [-0.15, -0.1) is 0 Å². The second-order valence-electron chi connectivity index (χ2n) is 3.87. The predicted octanol–water partition coefficient (Wildman–Crippen LogP) is 0.432. The van der Waals surface area contributed by atoms with Crippen LogP contribution in [0.5, 0.6) is 0 Å². The van der Waals surface area contributed by atoms with Gasteiger partial charge in [0.2, 0.25) is 10.0 Å². The third-order valence-corrected chi connectivity index (χ3v) is 4.45. The summed E-state index contributed by atoms with van der Waals surface area (Å²) in [5.74, 6) is 0.519. The summed E-state index contributed by atoms with van der Waals surface area (Å²) in [6, 6.07) is 1.94. The van der Waals surface area contributed by atoms with E-state index >= 15 is 0 Å². The third kappa shape index (κ3) is 4.46. The van der Waals surface area contributed by atoms with E-state index in [1.54, 1.807) is 14.0 Å². The molecule has 0 radical (unpaired) electrons. The summed E-state index contributed by atoms with van der Waals surface area (Å²) in [6.45, 7) is 2.56. The highest BCUT2D eigenvalue weighted by atomic mass is 32.2. The molecule has 0 spiro atoms. The standard InChI is InChI=1S/C11H17N5O2S/c1-3-19(17,18)16(2)8-4-5-14-11-10(9-12)13-6-7-15-11/h6-7H,3-5,8H2,1-2H3,(H,14,15). The van der Waals surface area contributed by atoms with Gasteiger partial charge < -0.3 is 5.32 Å². The van der Waals surface area contributed by atoms with E-state index in [1.807, 2.05) is 6.07 Å². The molecule has 104 valence electrons. The number of rotatable bonds is 7. The first kappa shape index (κ1) is 15.3. The van der Waals surface area contributed by atoms with Crippen LogP contribution in [0.2, 0.25) is 0 Å². The van der Waals surface area contributed by atoms with Gasteiger partial charge in [0.15, 0.2) is 11.5 Å². The minimum Gasteiger partial charge on any atom is -0.368 e. The quantitative estimate of drug-likeness (QED) is 0.729. The molecule has 8 heteroatoms. The van der Waals surface area contributed by atoms with Gasteiger partial charge in [-0.1, -0.05) is 0 Å². The largest absolute Gasteiger partial charge is 0.368 e. The molecule has 0 unspecified atom stereocenters. The number of anilines is 1. The van der Waals surface area contributed by atoms with E-state index in [0.29, 0.717) is 25.3 Å². The molecule has 0 aliphatic heterocycles. The van der Waals surface area contributed by atoms with Gasteiger partial charge in [-0.3, -0.25) is 0 Å². The van der Waals surface area contributed by atoms with Crippen molar-refractivity contribution in [3.8, 4) is 6.07 Å². The Balaban J connectivity index is 2.42. The molecule has 7 nitrogen and oxygen atoms in total. The third-order valence-electron chi connectivity index (χ3n) is 2.59. The lowest BCUT2D eigenvalue weighted by Gasteiger charge is -2.15. The summed E-state index contributed by atoms with van der Waals surface area (Å²) in [5, 5.41) is 11.8. The Morgan fingerprint density at radius 2 is 2.11 bits per heavy atom. The lowest BCUT2D eigenvalue weighted by Crippen LogP contribution is -2.30. The van der Waals surface area contributed by atoms with Crippen molar-refractivity contribution in [3.63, 3.8) is 0 Å². The zero-order valence-corrected chi connectivity index (χ0v) is 11.8. The van der Waals surface area contributed by atoms with Crippen LogP contribution < -0.4 is 5.32 Å². The Hall–Kier alpha value is -1.72. The van der Waals surface area contributed by atoms with Crippen molar-refractivity contribution in [2.24, 2.45) is 0 Å². The van der Waals surface area contributed by atoms with Crippen molar-refractivity contribution >= 4 is 15.8 Å². The first-order valence-electron chi connectivity index (χ1n) is 5.90. The normalized spacial score (nSPS) is 11.3. The molecule has 19 heavy (non-hydrogen) atoms. The van der Waals surface area contributed by atoms with E-state index in [-0.39, 0.29) is 11.4 Å². The molecule has 0 aliphatic carbocycles. The fourth-order valence-electron chi connectivity index (χ4n) is 1.42. The molecule has 1 aromatic heterocycles. The predicted molar refractivity (Wildman–Crippen MR) is 71.9 cm³/mol. The fraction of sp³-hybridized carbons (Fsp3) is 0.545. The number of nitrogens with one attached hydrogen (secondary N) is 1. The molecule has 1 heterocycles. The maximum atomic E-state index is 11.5. The van der Waals surface area contributed by atoms with Gasteiger partial charge in [-0.25, -0.2) is 22.7 Å². The Labute approximate surface area is 113 Å². The number of hydrogen-bond acceptors (Lipinski definition) is 6. The van der Waals surface area contributed by atoms with Crippen LogP contribution in [-0.2, 0) is 10.0 Å². The van der Waals surface area contributed by atoms with E-state index in [0.717, 1.165) is 0 Å². The van der Waals surface area contributed by atoms with E-state index in [2.05, 4.69) is 15.3 Å². The van der Waals surface area contributed by atoms with Gasteiger partial charge >= 0.3 is 0 Å². The molecule has 0 bridgehead atoms. The van der Waals surface area contributed by atoms with Gasteiger partial charge in [0, 0.05) is 32.5 Å². The zero-order valence-electron chi connectivity index (χ0n) is 11.0. The first-order chi connectivity index (χ1) is 9.01. The van der Waals surface area contributed by atoms with Crippen LogP contribution in [-0.4, -0.2) is 48.6 Å². The number of hydrogen-bond donors (Lipinski definition) is 1. The topological polar surface area (TPSA) is 99.0 Å². The van der Waals surface area contributed by atoms with Crippen LogP contribution >= 0.6 is 0 Å². The van der Waals surface area contributed by atoms with E-state index in [9.17, 15) is 8.42 Å².